The summed E-state index contributed by atoms with van der Waals surface area (Å²) in [5.41, 5.74) is 4.00. The van der Waals surface area contributed by atoms with Crippen LogP contribution >= 0.6 is 0 Å². The Hall–Kier alpha value is -3.56. The van der Waals surface area contributed by atoms with Gasteiger partial charge in [-0.2, -0.15) is 0 Å². The van der Waals surface area contributed by atoms with Crippen LogP contribution in [0, 0.1) is 0 Å². The number of hydrogen-bond acceptors (Lipinski definition) is 7. The largest absolute Gasteiger partial charge is 0.464 e. The molecule has 0 atom stereocenters. The third-order valence-electron chi connectivity index (χ3n) is 4.61. The van der Waals surface area contributed by atoms with E-state index in [1.807, 2.05) is 15.2 Å². The van der Waals surface area contributed by atoms with Gasteiger partial charge in [0.1, 0.15) is 12.7 Å². The van der Waals surface area contributed by atoms with Gasteiger partial charge >= 0.3 is 5.97 Å². The Kier molecular flexibility index (Phi) is 3.49. The first-order valence-corrected chi connectivity index (χ1v) is 8.56. The van der Waals surface area contributed by atoms with E-state index in [9.17, 15) is 4.79 Å². The molecule has 1 aliphatic carbocycles. The zero-order valence-corrected chi connectivity index (χ0v) is 14.6. The highest BCUT2D eigenvalue weighted by Crippen LogP contribution is 2.41. The Balaban J connectivity index is 1.53. The molecule has 0 bridgehead atoms. The standard InChI is InChI=1S/C17H16N8O2/c1-27-17(26)14-8-25(22-21-14)7-13-6-23-5-12(11-2-3-11)4-15(16(23)20-13)24-9-18-19-10-24/h4-6,8-11H,2-3,7H2,1H3. The van der Waals surface area contributed by atoms with Crippen molar-refractivity contribution < 1.29 is 9.53 Å². The fourth-order valence-electron chi connectivity index (χ4n) is 3.12. The molecule has 136 valence electrons. The first-order valence-electron chi connectivity index (χ1n) is 8.56. The summed E-state index contributed by atoms with van der Waals surface area (Å²) in [6.45, 7) is 0.395. The van der Waals surface area contributed by atoms with Crippen LogP contribution in [0.1, 0.15) is 40.5 Å². The van der Waals surface area contributed by atoms with Crippen LogP contribution in [0.3, 0.4) is 0 Å². The van der Waals surface area contributed by atoms with Gasteiger partial charge < -0.3 is 9.14 Å². The lowest BCUT2D eigenvalue weighted by atomic mass is 10.2. The van der Waals surface area contributed by atoms with E-state index in [2.05, 4.69) is 37.5 Å². The number of aromatic nitrogens is 8. The van der Waals surface area contributed by atoms with E-state index >= 15 is 0 Å². The van der Waals surface area contributed by atoms with Crippen molar-refractivity contribution in [3.63, 3.8) is 0 Å². The SMILES string of the molecule is COC(=O)c1cn(Cc2cn3cc(C4CC4)cc(-n4cnnc4)c3n2)nn1. The van der Waals surface area contributed by atoms with Crippen LogP contribution < -0.4 is 0 Å². The number of esters is 1. The maximum absolute atomic E-state index is 11.5. The van der Waals surface area contributed by atoms with Crippen molar-refractivity contribution in [2.45, 2.75) is 25.3 Å². The Bertz CT molecular complexity index is 1120. The summed E-state index contributed by atoms with van der Waals surface area (Å²) >= 11 is 0. The number of fused-ring (bicyclic) bond motifs is 1. The van der Waals surface area contributed by atoms with Gasteiger partial charge in [0.15, 0.2) is 11.3 Å². The number of pyridine rings is 1. The molecule has 0 radical (unpaired) electrons. The Morgan fingerprint density at radius 2 is 2.04 bits per heavy atom. The van der Waals surface area contributed by atoms with Gasteiger partial charge in [0, 0.05) is 12.4 Å². The highest BCUT2D eigenvalue weighted by atomic mass is 16.5. The third kappa shape index (κ3) is 2.84. The van der Waals surface area contributed by atoms with Crippen molar-refractivity contribution in [1.82, 2.24) is 39.1 Å². The maximum Gasteiger partial charge on any atom is 0.360 e. The number of hydrogen-bond donors (Lipinski definition) is 0. The second kappa shape index (κ2) is 6.01. The average molecular weight is 364 g/mol. The molecule has 0 N–H and O–H groups in total. The number of rotatable bonds is 5. The van der Waals surface area contributed by atoms with Crippen LogP contribution in [0.4, 0.5) is 0 Å². The number of ether oxygens (including phenoxy) is 1. The molecule has 4 heterocycles. The highest BCUT2D eigenvalue weighted by Gasteiger charge is 2.25. The summed E-state index contributed by atoms with van der Waals surface area (Å²) in [4.78, 5) is 16.3. The molecule has 0 unspecified atom stereocenters. The molecule has 1 aliphatic rings. The fraction of sp³-hybridized carbons (Fsp3) is 0.294. The monoisotopic (exact) mass is 364 g/mol. The normalized spacial score (nSPS) is 14.0. The summed E-state index contributed by atoms with van der Waals surface area (Å²) in [5.74, 6) is 0.0913. The topological polar surface area (TPSA) is 105 Å². The van der Waals surface area contributed by atoms with Crippen molar-refractivity contribution in [2.75, 3.05) is 7.11 Å². The number of nitrogens with zero attached hydrogens (tertiary/aromatic N) is 8. The summed E-state index contributed by atoms with van der Waals surface area (Å²) in [7, 11) is 1.31. The minimum Gasteiger partial charge on any atom is -0.464 e. The van der Waals surface area contributed by atoms with Crippen LogP contribution in [-0.2, 0) is 11.3 Å². The van der Waals surface area contributed by atoms with E-state index in [4.69, 9.17) is 4.98 Å². The van der Waals surface area contributed by atoms with Gasteiger partial charge in [-0.3, -0.25) is 4.57 Å². The third-order valence-corrected chi connectivity index (χ3v) is 4.61. The van der Waals surface area contributed by atoms with Gasteiger partial charge in [-0.1, -0.05) is 5.21 Å². The summed E-state index contributed by atoms with van der Waals surface area (Å²) < 4.78 is 10.1. The Labute approximate surface area is 153 Å². The molecule has 4 aromatic heterocycles. The van der Waals surface area contributed by atoms with Crippen molar-refractivity contribution in [2.24, 2.45) is 0 Å². The molecule has 0 aromatic carbocycles. The number of methoxy groups -OCH3 is 1. The van der Waals surface area contributed by atoms with Crippen molar-refractivity contribution in [1.29, 1.82) is 0 Å². The van der Waals surface area contributed by atoms with E-state index in [1.54, 1.807) is 23.5 Å². The number of imidazole rings is 1. The highest BCUT2D eigenvalue weighted by molar-refractivity contribution is 5.86. The van der Waals surface area contributed by atoms with E-state index in [1.165, 1.54) is 25.5 Å². The molecule has 5 rings (SSSR count). The molecule has 0 aliphatic heterocycles. The predicted octanol–water partition coefficient (Wildman–Crippen LogP) is 1.22. The quantitative estimate of drug-likeness (QED) is 0.490. The zero-order chi connectivity index (χ0) is 18.4. The molecule has 0 spiro atoms. The number of carbonyl (C=O) groups excluding carboxylic acids is 1. The molecular formula is C17H16N8O2. The Morgan fingerprint density at radius 3 is 2.78 bits per heavy atom. The molecule has 27 heavy (non-hydrogen) atoms. The van der Waals surface area contributed by atoms with Gasteiger partial charge in [0.05, 0.1) is 31.2 Å². The molecule has 1 fully saturated rings. The van der Waals surface area contributed by atoms with Gasteiger partial charge in [0.2, 0.25) is 0 Å². The zero-order valence-electron chi connectivity index (χ0n) is 14.6. The molecule has 0 saturated heterocycles. The first kappa shape index (κ1) is 15.7. The van der Waals surface area contributed by atoms with Crippen LogP contribution in [-0.4, -0.2) is 52.2 Å². The van der Waals surface area contributed by atoms with Gasteiger partial charge in [-0.05, 0) is 30.4 Å². The van der Waals surface area contributed by atoms with Crippen LogP contribution in [0.25, 0.3) is 11.3 Å². The molecule has 10 heteroatoms. The summed E-state index contributed by atoms with van der Waals surface area (Å²) in [5, 5.41) is 15.6. The summed E-state index contributed by atoms with van der Waals surface area (Å²) in [6, 6.07) is 2.15. The van der Waals surface area contributed by atoms with Gasteiger partial charge in [-0.25, -0.2) is 14.5 Å². The second-order valence-electron chi connectivity index (χ2n) is 6.56. The first-order chi connectivity index (χ1) is 13.2. The predicted molar refractivity (Wildman–Crippen MR) is 92.5 cm³/mol. The minimum absolute atomic E-state index is 0.169. The minimum atomic E-state index is -0.514. The maximum atomic E-state index is 11.5. The smallest absolute Gasteiger partial charge is 0.360 e. The van der Waals surface area contributed by atoms with Gasteiger partial charge in [-0.15, -0.1) is 15.3 Å². The van der Waals surface area contributed by atoms with Gasteiger partial charge in [0.25, 0.3) is 0 Å². The molecular weight excluding hydrogens is 348 g/mol. The van der Waals surface area contributed by atoms with Crippen LogP contribution in [0.2, 0.25) is 0 Å². The fourth-order valence-corrected chi connectivity index (χ4v) is 3.12. The molecule has 1 saturated carbocycles. The molecule has 4 aromatic rings. The molecule has 0 amide bonds. The second-order valence-corrected chi connectivity index (χ2v) is 6.56. The van der Waals surface area contributed by atoms with Crippen molar-refractivity contribution >= 4 is 11.6 Å². The van der Waals surface area contributed by atoms with E-state index in [0.29, 0.717) is 12.5 Å². The lowest BCUT2D eigenvalue weighted by molar-refractivity contribution is 0.0594. The lowest BCUT2D eigenvalue weighted by Gasteiger charge is -2.07. The van der Waals surface area contributed by atoms with Crippen molar-refractivity contribution in [3.05, 3.63) is 54.3 Å². The van der Waals surface area contributed by atoms with Crippen molar-refractivity contribution in [3.8, 4) is 5.69 Å². The van der Waals surface area contributed by atoms with Crippen LogP contribution in [0.15, 0.2) is 37.3 Å². The van der Waals surface area contributed by atoms with E-state index < -0.39 is 5.97 Å². The summed E-state index contributed by atoms with van der Waals surface area (Å²) in [6.07, 6.45) is 11.4. The van der Waals surface area contributed by atoms with E-state index in [0.717, 1.165) is 17.0 Å². The Morgan fingerprint density at radius 1 is 1.22 bits per heavy atom. The molecule has 10 nitrogen and oxygen atoms in total. The number of carbonyl (C=O) groups is 1. The van der Waals surface area contributed by atoms with Crippen LogP contribution in [0.5, 0.6) is 0 Å². The average Bonchev–Trinajstić information content (AvgIpc) is 3.08. The lowest BCUT2D eigenvalue weighted by Crippen LogP contribution is -2.02. The van der Waals surface area contributed by atoms with E-state index in [-0.39, 0.29) is 5.69 Å².